The Kier molecular flexibility index (Phi) is 3.66. The molecule has 0 spiro atoms. The number of H-pyrrole nitrogens is 1. The number of aryl methyl sites for hydroxylation is 2. The highest BCUT2D eigenvalue weighted by Gasteiger charge is 2.20. The van der Waals surface area contributed by atoms with Gasteiger partial charge in [-0.1, -0.05) is 15.9 Å². The number of benzene rings is 1. The summed E-state index contributed by atoms with van der Waals surface area (Å²) in [5.41, 5.74) is 0.961. The van der Waals surface area contributed by atoms with Gasteiger partial charge in [0.15, 0.2) is 0 Å². The van der Waals surface area contributed by atoms with Gasteiger partial charge in [-0.3, -0.25) is 9.89 Å². The van der Waals surface area contributed by atoms with Crippen LogP contribution < -0.4 is 5.32 Å². The number of hydrogen-bond donors (Lipinski definition) is 2. The van der Waals surface area contributed by atoms with Gasteiger partial charge in [-0.2, -0.15) is 5.10 Å². The molecule has 100 valence electrons. The summed E-state index contributed by atoms with van der Waals surface area (Å²) in [4.78, 5) is 11.9. The van der Waals surface area contributed by atoms with Crippen LogP contribution >= 0.6 is 15.9 Å². The maximum Gasteiger partial charge on any atom is 0.261 e. The minimum atomic E-state index is -0.928. The van der Waals surface area contributed by atoms with Crippen LogP contribution in [-0.4, -0.2) is 16.1 Å². The van der Waals surface area contributed by atoms with Crippen LogP contribution in [0.5, 0.6) is 0 Å². The van der Waals surface area contributed by atoms with Gasteiger partial charge < -0.3 is 5.32 Å². The third-order valence-corrected chi connectivity index (χ3v) is 3.06. The Morgan fingerprint density at radius 3 is 2.37 bits per heavy atom. The summed E-state index contributed by atoms with van der Waals surface area (Å²) < 4.78 is 27.5. The van der Waals surface area contributed by atoms with Crippen LogP contribution in [0.3, 0.4) is 0 Å². The molecule has 19 heavy (non-hydrogen) atoms. The molecule has 0 radical (unpaired) electrons. The molecule has 0 aliphatic carbocycles. The van der Waals surface area contributed by atoms with Crippen molar-refractivity contribution in [2.45, 2.75) is 13.8 Å². The molecule has 7 heteroatoms. The van der Waals surface area contributed by atoms with Crippen LogP contribution in [0.15, 0.2) is 16.6 Å². The lowest BCUT2D eigenvalue weighted by atomic mass is 10.1. The Balaban J connectivity index is 2.36. The third kappa shape index (κ3) is 2.65. The van der Waals surface area contributed by atoms with Crippen molar-refractivity contribution >= 4 is 27.5 Å². The van der Waals surface area contributed by atoms with E-state index in [1.807, 2.05) is 0 Å². The van der Waals surface area contributed by atoms with Crippen LogP contribution in [0, 0.1) is 25.5 Å². The van der Waals surface area contributed by atoms with Gasteiger partial charge in [0.2, 0.25) is 0 Å². The fourth-order valence-electron chi connectivity index (χ4n) is 1.67. The zero-order chi connectivity index (χ0) is 14.2. The summed E-state index contributed by atoms with van der Waals surface area (Å²) >= 11 is 2.95. The van der Waals surface area contributed by atoms with E-state index in [4.69, 9.17) is 0 Å². The summed E-state index contributed by atoms with van der Waals surface area (Å²) in [6.07, 6.45) is 0. The lowest BCUT2D eigenvalue weighted by molar-refractivity contribution is 0.101. The predicted molar refractivity (Wildman–Crippen MR) is 70.1 cm³/mol. The summed E-state index contributed by atoms with van der Waals surface area (Å²) in [5, 5.41) is 9.01. The lowest BCUT2D eigenvalue weighted by Gasteiger charge is -2.07. The maximum absolute atomic E-state index is 13.6. The Bertz CT molecular complexity index is 612. The topological polar surface area (TPSA) is 57.8 Å². The molecular formula is C12H10BrF2N3O. The molecular weight excluding hydrogens is 320 g/mol. The van der Waals surface area contributed by atoms with Crippen molar-refractivity contribution in [3.05, 3.63) is 45.2 Å². The van der Waals surface area contributed by atoms with Gasteiger partial charge in [-0.15, -0.1) is 0 Å². The van der Waals surface area contributed by atoms with Crippen LogP contribution in [-0.2, 0) is 0 Å². The van der Waals surface area contributed by atoms with E-state index in [1.54, 1.807) is 13.8 Å². The number of hydrogen-bond acceptors (Lipinski definition) is 2. The first kappa shape index (κ1) is 13.7. The quantitative estimate of drug-likeness (QED) is 0.887. The van der Waals surface area contributed by atoms with E-state index >= 15 is 0 Å². The van der Waals surface area contributed by atoms with Gasteiger partial charge in [0.25, 0.3) is 5.91 Å². The monoisotopic (exact) mass is 329 g/mol. The first-order valence-electron chi connectivity index (χ1n) is 5.37. The fourth-order valence-corrected chi connectivity index (χ4v) is 2.07. The van der Waals surface area contributed by atoms with E-state index in [-0.39, 0.29) is 4.47 Å². The molecule has 0 aliphatic heterocycles. The number of carbonyl (C=O) groups is 1. The molecule has 0 saturated heterocycles. The second-order valence-electron chi connectivity index (χ2n) is 4.01. The molecule has 0 bridgehead atoms. The highest BCUT2D eigenvalue weighted by molar-refractivity contribution is 9.10. The molecule has 0 saturated carbocycles. The Hall–Kier alpha value is -1.76. The van der Waals surface area contributed by atoms with Crippen LogP contribution in [0.4, 0.5) is 14.5 Å². The van der Waals surface area contributed by atoms with Crippen molar-refractivity contribution < 1.29 is 13.6 Å². The number of nitrogens with one attached hydrogen (secondary N) is 2. The van der Waals surface area contributed by atoms with Crippen molar-refractivity contribution in [2.24, 2.45) is 0 Å². The molecule has 1 aromatic carbocycles. The Morgan fingerprint density at radius 2 is 1.89 bits per heavy atom. The van der Waals surface area contributed by atoms with Gasteiger partial charge in [0, 0.05) is 4.47 Å². The third-order valence-electron chi connectivity index (χ3n) is 2.60. The number of amides is 1. The first-order valence-corrected chi connectivity index (χ1v) is 6.17. The highest BCUT2D eigenvalue weighted by Crippen LogP contribution is 2.22. The summed E-state index contributed by atoms with van der Waals surface area (Å²) in [5.74, 6) is -2.71. The predicted octanol–water partition coefficient (Wildman–Crippen LogP) is 3.32. The van der Waals surface area contributed by atoms with E-state index in [0.29, 0.717) is 17.1 Å². The van der Waals surface area contributed by atoms with E-state index in [1.165, 1.54) is 0 Å². The molecule has 0 unspecified atom stereocenters. The van der Waals surface area contributed by atoms with Crippen LogP contribution in [0.1, 0.15) is 21.7 Å². The standard InChI is InChI=1S/C12H10BrF2N3O/c1-5-11(6(2)18-17-5)16-12(19)10-8(14)3-7(13)4-9(10)15/h3-4H,1-2H3,(H,16,19)(H,17,18). The van der Waals surface area contributed by atoms with Crippen LogP contribution in [0.25, 0.3) is 0 Å². The zero-order valence-corrected chi connectivity index (χ0v) is 11.7. The van der Waals surface area contributed by atoms with Crippen molar-refractivity contribution in [3.63, 3.8) is 0 Å². The molecule has 4 nitrogen and oxygen atoms in total. The van der Waals surface area contributed by atoms with Crippen LogP contribution in [0.2, 0.25) is 0 Å². The fraction of sp³-hybridized carbons (Fsp3) is 0.167. The second-order valence-corrected chi connectivity index (χ2v) is 4.92. The minimum absolute atomic E-state index is 0.231. The van der Waals surface area contributed by atoms with Gasteiger partial charge in [0.05, 0.1) is 17.1 Å². The number of halogens is 3. The summed E-state index contributed by atoms with van der Waals surface area (Å²) in [6, 6.07) is 2.07. The average molecular weight is 330 g/mol. The number of rotatable bonds is 2. The zero-order valence-electron chi connectivity index (χ0n) is 10.1. The SMILES string of the molecule is Cc1n[nH]c(C)c1NC(=O)c1c(F)cc(Br)cc1F. The normalized spacial score (nSPS) is 10.6. The molecule has 2 aromatic rings. The highest BCUT2D eigenvalue weighted by atomic mass is 79.9. The van der Waals surface area contributed by atoms with E-state index in [2.05, 4.69) is 31.4 Å². The molecule has 2 N–H and O–H groups in total. The van der Waals surface area contributed by atoms with Crippen molar-refractivity contribution in [1.82, 2.24) is 10.2 Å². The van der Waals surface area contributed by atoms with E-state index in [0.717, 1.165) is 12.1 Å². The Morgan fingerprint density at radius 1 is 1.32 bits per heavy atom. The van der Waals surface area contributed by atoms with E-state index < -0.39 is 23.1 Å². The van der Waals surface area contributed by atoms with Gasteiger partial charge in [0.1, 0.15) is 17.2 Å². The lowest BCUT2D eigenvalue weighted by Crippen LogP contribution is -2.16. The first-order chi connectivity index (χ1) is 8.90. The van der Waals surface area contributed by atoms with Gasteiger partial charge >= 0.3 is 0 Å². The summed E-state index contributed by atoms with van der Waals surface area (Å²) in [7, 11) is 0. The number of anilines is 1. The van der Waals surface area contributed by atoms with Crippen molar-refractivity contribution in [3.8, 4) is 0 Å². The maximum atomic E-state index is 13.6. The van der Waals surface area contributed by atoms with Gasteiger partial charge in [-0.25, -0.2) is 8.78 Å². The molecule has 2 rings (SSSR count). The number of aromatic nitrogens is 2. The smallest absolute Gasteiger partial charge is 0.261 e. The summed E-state index contributed by atoms with van der Waals surface area (Å²) in [6.45, 7) is 3.37. The molecule has 0 fully saturated rings. The Labute approximate surface area is 116 Å². The number of carbonyl (C=O) groups excluding carboxylic acids is 1. The molecule has 1 heterocycles. The van der Waals surface area contributed by atoms with Crippen molar-refractivity contribution in [2.75, 3.05) is 5.32 Å². The molecule has 0 aliphatic rings. The second kappa shape index (κ2) is 5.08. The minimum Gasteiger partial charge on any atom is -0.319 e. The number of aromatic amines is 1. The van der Waals surface area contributed by atoms with Gasteiger partial charge in [-0.05, 0) is 26.0 Å². The molecule has 0 atom stereocenters. The van der Waals surface area contributed by atoms with E-state index in [9.17, 15) is 13.6 Å². The average Bonchev–Trinajstić information content (AvgIpc) is 2.59. The van der Waals surface area contributed by atoms with Crippen molar-refractivity contribution in [1.29, 1.82) is 0 Å². The molecule has 1 amide bonds. The molecule has 1 aromatic heterocycles. The largest absolute Gasteiger partial charge is 0.319 e. The number of nitrogens with zero attached hydrogens (tertiary/aromatic N) is 1.